The van der Waals surface area contributed by atoms with Gasteiger partial charge in [0, 0.05) is 13.0 Å². The Morgan fingerprint density at radius 2 is 2.00 bits per heavy atom. The van der Waals surface area contributed by atoms with Crippen LogP contribution in [0.25, 0.3) is 10.2 Å². The Morgan fingerprint density at radius 1 is 1.23 bits per heavy atom. The lowest BCUT2D eigenvalue weighted by Crippen LogP contribution is -2.34. The second-order valence-electron chi connectivity index (χ2n) is 7.62. The minimum atomic E-state index is -0.220. The van der Waals surface area contributed by atoms with Crippen molar-refractivity contribution in [2.75, 3.05) is 20.6 Å². The molecule has 0 fully saturated rings. The van der Waals surface area contributed by atoms with Crippen LogP contribution >= 0.6 is 11.3 Å². The van der Waals surface area contributed by atoms with Gasteiger partial charge in [-0.1, -0.05) is 30.3 Å². The molecule has 0 radical (unpaired) electrons. The van der Waals surface area contributed by atoms with E-state index in [1.807, 2.05) is 61.5 Å². The Labute approximate surface area is 183 Å². The first-order valence-electron chi connectivity index (χ1n) is 9.98. The van der Waals surface area contributed by atoms with Crippen LogP contribution in [0.3, 0.4) is 0 Å². The maximum atomic E-state index is 12.9. The summed E-state index contributed by atoms with van der Waals surface area (Å²) in [6.45, 7) is 2.17. The number of hydrogen-bond donors (Lipinski definition) is 2. The van der Waals surface area contributed by atoms with E-state index in [0.29, 0.717) is 39.4 Å². The highest BCUT2D eigenvalue weighted by molar-refractivity contribution is 7.20. The predicted octanol–water partition coefficient (Wildman–Crippen LogP) is 3.51. The molecule has 0 aliphatic rings. The average molecular weight is 437 g/mol. The van der Waals surface area contributed by atoms with Crippen LogP contribution in [0.4, 0.5) is 0 Å². The standard InChI is InChI=1S/C23H24N4O3S/c1-14-19-21(28)25-18(12-15-8-5-4-6-9-15)26-23(19)31-20(14)22(29)24-13-16(27(2)3)17-10-7-11-30-17/h4-11,16H,12-13H2,1-3H3,(H,24,29)(H,25,26,28). The first-order chi connectivity index (χ1) is 14.9. The molecule has 4 rings (SSSR count). The summed E-state index contributed by atoms with van der Waals surface area (Å²) in [6.07, 6.45) is 2.15. The molecule has 7 nitrogen and oxygen atoms in total. The summed E-state index contributed by atoms with van der Waals surface area (Å²) in [5.74, 6) is 1.15. The number of fused-ring (bicyclic) bond motifs is 1. The van der Waals surface area contributed by atoms with Gasteiger partial charge in [-0.05, 0) is 44.3 Å². The third-order valence-electron chi connectivity index (χ3n) is 5.22. The molecule has 3 heterocycles. The van der Waals surface area contributed by atoms with Gasteiger partial charge in [0.2, 0.25) is 0 Å². The van der Waals surface area contributed by atoms with Crippen molar-refractivity contribution in [1.82, 2.24) is 20.2 Å². The third-order valence-corrected chi connectivity index (χ3v) is 6.41. The highest BCUT2D eigenvalue weighted by Gasteiger charge is 2.22. The summed E-state index contributed by atoms with van der Waals surface area (Å²) >= 11 is 1.25. The summed E-state index contributed by atoms with van der Waals surface area (Å²) in [4.78, 5) is 36.2. The van der Waals surface area contributed by atoms with Crippen molar-refractivity contribution in [3.05, 3.63) is 86.7 Å². The number of H-pyrrole nitrogens is 1. The van der Waals surface area contributed by atoms with Gasteiger partial charge in [-0.3, -0.25) is 14.5 Å². The molecule has 1 amide bonds. The van der Waals surface area contributed by atoms with Gasteiger partial charge in [-0.15, -0.1) is 11.3 Å². The molecule has 0 aliphatic heterocycles. The van der Waals surface area contributed by atoms with E-state index >= 15 is 0 Å². The number of aromatic nitrogens is 2. The highest BCUT2D eigenvalue weighted by atomic mass is 32.1. The number of aryl methyl sites for hydroxylation is 1. The number of likely N-dealkylation sites (N-methyl/N-ethyl adjacent to an activating group) is 1. The molecule has 0 saturated heterocycles. The van der Waals surface area contributed by atoms with Crippen LogP contribution in [-0.4, -0.2) is 41.4 Å². The zero-order valence-corrected chi connectivity index (χ0v) is 18.5. The van der Waals surface area contributed by atoms with Crippen LogP contribution in [-0.2, 0) is 6.42 Å². The van der Waals surface area contributed by atoms with Gasteiger partial charge >= 0.3 is 0 Å². The number of rotatable bonds is 7. The summed E-state index contributed by atoms with van der Waals surface area (Å²) in [5, 5.41) is 3.45. The van der Waals surface area contributed by atoms with Crippen LogP contribution in [0.15, 0.2) is 57.9 Å². The second kappa shape index (κ2) is 8.87. The maximum Gasteiger partial charge on any atom is 0.261 e. The van der Waals surface area contributed by atoms with Gasteiger partial charge in [0.1, 0.15) is 16.4 Å². The molecule has 160 valence electrons. The fourth-order valence-corrected chi connectivity index (χ4v) is 4.68. The van der Waals surface area contributed by atoms with Crippen LogP contribution in [0.1, 0.15) is 38.4 Å². The first kappa shape index (κ1) is 21.0. The normalized spacial score (nSPS) is 12.4. The van der Waals surface area contributed by atoms with Crippen molar-refractivity contribution >= 4 is 27.5 Å². The number of nitrogens with zero attached hydrogens (tertiary/aromatic N) is 2. The molecule has 3 aromatic heterocycles. The van der Waals surface area contributed by atoms with Crippen LogP contribution < -0.4 is 10.9 Å². The Balaban J connectivity index is 1.57. The van der Waals surface area contributed by atoms with Gasteiger partial charge in [-0.25, -0.2) is 4.98 Å². The van der Waals surface area contributed by atoms with Crippen LogP contribution in [0.5, 0.6) is 0 Å². The number of hydrogen-bond acceptors (Lipinski definition) is 6. The number of amides is 1. The lowest BCUT2D eigenvalue weighted by atomic mass is 10.1. The van der Waals surface area contributed by atoms with Crippen molar-refractivity contribution < 1.29 is 9.21 Å². The number of furan rings is 1. The quantitative estimate of drug-likeness (QED) is 0.463. The minimum Gasteiger partial charge on any atom is -0.468 e. The molecular weight excluding hydrogens is 412 g/mol. The van der Waals surface area contributed by atoms with Crippen molar-refractivity contribution in [2.45, 2.75) is 19.4 Å². The second-order valence-corrected chi connectivity index (χ2v) is 8.62. The Hall–Kier alpha value is -3.23. The zero-order chi connectivity index (χ0) is 22.0. The van der Waals surface area contributed by atoms with Gasteiger partial charge in [0.05, 0.1) is 22.6 Å². The van der Waals surface area contributed by atoms with Crippen molar-refractivity contribution in [3.8, 4) is 0 Å². The third kappa shape index (κ3) is 4.45. The summed E-state index contributed by atoms with van der Waals surface area (Å²) in [5.41, 5.74) is 1.49. The molecule has 1 unspecified atom stereocenters. The van der Waals surface area contributed by atoms with Crippen LogP contribution in [0, 0.1) is 6.92 Å². The number of carbonyl (C=O) groups excluding carboxylic acids is 1. The van der Waals surface area contributed by atoms with E-state index in [4.69, 9.17) is 4.42 Å². The molecule has 2 N–H and O–H groups in total. The van der Waals surface area contributed by atoms with E-state index in [1.54, 1.807) is 13.2 Å². The molecule has 0 spiro atoms. The SMILES string of the molecule is Cc1c(C(=O)NCC(c2ccco2)N(C)C)sc2nc(Cc3ccccc3)[nH]c(=O)c12. The van der Waals surface area contributed by atoms with E-state index in [2.05, 4.69) is 15.3 Å². The van der Waals surface area contributed by atoms with E-state index in [1.165, 1.54) is 11.3 Å². The zero-order valence-electron chi connectivity index (χ0n) is 17.6. The predicted molar refractivity (Wildman–Crippen MR) is 122 cm³/mol. The fourth-order valence-electron chi connectivity index (χ4n) is 3.57. The number of carbonyl (C=O) groups is 1. The number of benzene rings is 1. The largest absolute Gasteiger partial charge is 0.468 e. The van der Waals surface area contributed by atoms with Crippen molar-refractivity contribution in [2.24, 2.45) is 0 Å². The summed E-state index contributed by atoms with van der Waals surface area (Å²) in [6, 6.07) is 13.5. The maximum absolute atomic E-state index is 12.9. The van der Waals surface area contributed by atoms with Gasteiger partial charge in [0.25, 0.3) is 11.5 Å². The van der Waals surface area contributed by atoms with Gasteiger partial charge < -0.3 is 14.7 Å². The lowest BCUT2D eigenvalue weighted by Gasteiger charge is -2.22. The molecule has 0 saturated carbocycles. The van der Waals surface area contributed by atoms with Gasteiger partial charge in [0.15, 0.2) is 0 Å². The molecule has 1 aromatic carbocycles. The topological polar surface area (TPSA) is 91.2 Å². The van der Waals surface area contributed by atoms with Crippen molar-refractivity contribution in [1.29, 1.82) is 0 Å². The van der Waals surface area contributed by atoms with E-state index in [-0.39, 0.29) is 17.5 Å². The first-order valence-corrected chi connectivity index (χ1v) is 10.8. The molecule has 1 atom stereocenters. The van der Waals surface area contributed by atoms with Crippen LogP contribution in [0.2, 0.25) is 0 Å². The summed E-state index contributed by atoms with van der Waals surface area (Å²) in [7, 11) is 3.86. The van der Waals surface area contributed by atoms with E-state index < -0.39 is 0 Å². The Morgan fingerprint density at radius 3 is 2.68 bits per heavy atom. The molecule has 4 aromatic rings. The average Bonchev–Trinajstić information content (AvgIpc) is 3.37. The molecule has 0 aliphatic carbocycles. The highest BCUT2D eigenvalue weighted by Crippen LogP contribution is 2.27. The molecule has 0 bridgehead atoms. The Bertz CT molecular complexity index is 1240. The molecule has 31 heavy (non-hydrogen) atoms. The Kier molecular flexibility index (Phi) is 6.01. The van der Waals surface area contributed by atoms with E-state index in [9.17, 15) is 9.59 Å². The number of aromatic amines is 1. The minimum absolute atomic E-state index is 0.0902. The smallest absolute Gasteiger partial charge is 0.261 e. The fraction of sp³-hybridized carbons (Fsp3) is 0.261. The van der Waals surface area contributed by atoms with Crippen molar-refractivity contribution in [3.63, 3.8) is 0 Å². The summed E-state index contributed by atoms with van der Waals surface area (Å²) < 4.78 is 5.50. The lowest BCUT2D eigenvalue weighted by molar-refractivity contribution is 0.0942. The number of nitrogens with one attached hydrogen (secondary N) is 2. The van der Waals surface area contributed by atoms with E-state index in [0.717, 1.165) is 11.3 Å². The monoisotopic (exact) mass is 436 g/mol. The molecule has 8 heteroatoms. The molecular formula is C23H24N4O3S. The number of thiophene rings is 1. The van der Waals surface area contributed by atoms with Gasteiger partial charge in [-0.2, -0.15) is 0 Å².